The van der Waals surface area contributed by atoms with Gasteiger partial charge in [0.15, 0.2) is 5.78 Å². The SMILES string of the molecule is CCc1nn(CC)c(CC(=O)c2ccc(C)cc2Br)c1Cl. The quantitative estimate of drug-likeness (QED) is 0.721. The first-order chi connectivity index (χ1) is 9.97. The molecule has 0 amide bonds. The van der Waals surface area contributed by atoms with Gasteiger partial charge in [0.25, 0.3) is 0 Å². The summed E-state index contributed by atoms with van der Waals surface area (Å²) in [5, 5.41) is 5.07. The molecule has 0 aliphatic carbocycles. The Morgan fingerprint density at radius 2 is 2.10 bits per heavy atom. The van der Waals surface area contributed by atoms with Crippen molar-refractivity contribution in [3.8, 4) is 0 Å². The van der Waals surface area contributed by atoms with Gasteiger partial charge in [-0.15, -0.1) is 0 Å². The highest BCUT2D eigenvalue weighted by molar-refractivity contribution is 9.10. The predicted octanol–water partition coefficient (Wildman–Crippen LogP) is 4.62. The smallest absolute Gasteiger partial charge is 0.169 e. The normalized spacial score (nSPS) is 10.9. The van der Waals surface area contributed by atoms with Gasteiger partial charge in [-0.25, -0.2) is 0 Å². The van der Waals surface area contributed by atoms with Crippen LogP contribution in [0.1, 0.15) is 41.2 Å². The van der Waals surface area contributed by atoms with Gasteiger partial charge in [-0.05, 0) is 38.0 Å². The van der Waals surface area contributed by atoms with E-state index < -0.39 is 0 Å². The van der Waals surface area contributed by atoms with Crippen molar-refractivity contribution < 1.29 is 4.79 Å². The summed E-state index contributed by atoms with van der Waals surface area (Å²) in [6.45, 7) is 6.71. The van der Waals surface area contributed by atoms with E-state index in [-0.39, 0.29) is 12.2 Å². The fourth-order valence-electron chi connectivity index (χ4n) is 2.28. The Kier molecular flexibility index (Phi) is 5.22. The fourth-order valence-corrected chi connectivity index (χ4v) is 3.33. The second-order valence-electron chi connectivity index (χ2n) is 4.96. The molecule has 0 aliphatic heterocycles. The summed E-state index contributed by atoms with van der Waals surface area (Å²) in [6, 6.07) is 5.74. The van der Waals surface area contributed by atoms with Gasteiger partial charge in [0.2, 0.25) is 0 Å². The lowest BCUT2D eigenvalue weighted by atomic mass is 10.0. The standard InChI is InChI=1S/C16H18BrClN2O/c1-4-13-16(18)14(20(5-2)19-13)9-15(21)11-7-6-10(3)8-12(11)17/h6-8H,4-5,9H2,1-3H3. The van der Waals surface area contributed by atoms with Crippen LogP contribution < -0.4 is 0 Å². The number of ketones is 1. The first-order valence-corrected chi connectivity index (χ1v) is 8.18. The molecule has 0 N–H and O–H groups in total. The van der Waals surface area contributed by atoms with Crippen LogP contribution in [0.4, 0.5) is 0 Å². The number of aryl methyl sites for hydroxylation is 3. The van der Waals surface area contributed by atoms with E-state index in [9.17, 15) is 4.79 Å². The highest BCUT2D eigenvalue weighted by atomic mass is 79.9. The van der Waals surface area contributed by atoms with E-state index in [1.54, 1.807) is 0 Å². The largest absolute Gasteiger partial charge is 0.294 e. The van der Waals surface area contributed by atoms with Crippen molar-refractivity contribution >= 4 is 33.3 Å². The van der Waals surface area contributed by atoms with E-state index in [0.29, 0.717) is 17.1 Å². The zero-order valence-electron chi connectivity index (χ0n) is 12.4. The maximum Gasteiger partial charge on any atom is 0.169 e. The number of aromatic nitrogens is 2. The molecule has 2 rings (SSSR count). The van der Waals surface area contributed by atoms with Crippen molar-refractivity contribution in [2.45, 2.75) is 40.2 Å². The molecule has 1 aromatic heterocycles. The van der Waals surface area contributed by atoms with Gasteiger partial charge in [-0.2, -0.15) is 5.10 Å². The molecule has 0 fully saturated rings. The van der Waals surface area contributed by atoms with E-state index in [2.05, 4.69) is 21.0 Å². The molecule has 0 atom stereocenters. The second-order valence-corrected chi connectivity index (χ2v) is 6.19. The number of halogens is 2. The number of Topliss-reactive ketones (excluding diaryl/α,β-unsaturated/α-hetero) is 1. The van der Waals surface area contributed by atoms with Crippen molar-refractivity contribution in [2.75, 3.05) is 0 Å². The molecule has 5 heteroatoms. The summed E-state index contributed by atoms with van der Waals surface area (Å²) < 4.78 is 2.64. The van der Waals surface area contributed by atoms with Crippen molar-refractivity contribution in [2.24, 2.45) is 0 Å². The van der Waals surface area contributed by atoms with Gasteiger partial charge >= 0.3 is 0 Å². The number of hydrogen-bond acceptors (Lipinski definition) is 2. The molecule has 1 aromatic carbocycles. The topological polar surface area (TPSA) is 34.9 Å². The summed E-state index contributed by atoms with van der Waals surface area (Å²) >= 11 is 9.82. The van der Waals surface area contributed by atoms with E-state index in [0.717, 1.165) is 27.8 Å². The molecule has 0 saturated heterocycles. The molecule has 0 radical (unpaired) electrons. The van der Waals surface area contributed by atoms with Gasteiger partial charge in [0.1, 0.15) is 0 Å². The van der Waals surface area contributed by atoms with Crippen molar-refractivity contribution in [3.63, 3.8) is 0 Å². The average molecular weight is 370 g/mol. The molecule has 0 bridgehead atoms. The Hall–Kier alpha value is -1.13. The summed E-state index contributed by atoms with van der Waals surface area (Å²) in [4.78, 5) is 12.5. The van der Waals surface area contributed by atoms with Gasteiger partial charge in [0, 0.05) is 16.6 Å². The molecule has 0 unspecified atom stereocenters. The molecule has 2 aromatic rings. The van der Waals surface area contributed by atoms with Crippen LogP contribution >= 0.6 is 27.5 Å². The lowest BCUT2D eigenvalue weighted by molar-refractivity contribution is 0.0990. The lowest BCUT2D eigenvalue weighted by Gasteiger charge is -2.07. The van der Waals surface area contributed by atoms with Crippen LogP contribution in [0.3, 0.4) is 0 Å². The van der Waals surface area contributed by atoms with Crippen LogP contribution in [0.2, 0.25) is 5.02 Å². The molecule has 1 heterocycles. The van der Waals surface area contributed by atoms with Crippen LogP contribution in [0, 0.1) is 6.92 Å². The highest BCUT2D eigenvalue weighted by Crippen LogP contribution is 2.25. The first-order valence-electron chi connectivity index (χ1n) is 7.01. The summed E-state index contributed by atoms with van der Waals surface area (Å²) in [5.74, 6) is 0.0426. The number of nitrogens with zero attached hydrogens (tertiary/aromatic N) is 2. The summed E-state index contributed by atoms with van der Waals surface area (Å²) in [5.41, 5.74) is 3.44. The maximum absolute atomic E-state index is 12.5. The lowest BCUT2D eigenvalue weighted by Crippen LogP contribution is -2.10. The van der Waals surface area contributed by atoms with Gasteiger partial charge in [0.05, 0.1) is 22.8 Å². The van der Waals surface area contributed by atoms with Crippen LogP contribution in [0.15, 0.2) is 22.7 Å². The molecule has 0 saturated carbocycles. The Morgan fingerprint density at radius 3 is 2.67 bits per heavy atom. The van der Waals surface area contributed by atoms with E-state index in [4.69, 9.17) is 11.6 Å². The zero-order chi connectivity index (χ0) is 15.6. The number of carbonyl (C=O) groups excluding carboxylic acids is 1. The first kappa shape index (κ1) is 16.2. The van der Waals surface area contributed by atoms with Crippen LogP contribution in [0.25, 0.3) is 0 Å². The Labute approximate surface area is 138 Å². The van der Waals surface area contributed by atoms with E-state index in [1.165, 1.54) is 0 Å². The predicted molar refractivity (Wildman–Crippen MR) is 89.2 cm³/mol. The Bertz CT molecular complexity index is 679. The Balaban J connectivity index is 2.33. The molecule has 112 valence electrons. The number of benzene rings is 1. The molecular weight excluding hydrogens is 352 g/mol. The van der Waals surface area contributed by atoms with Gasteiger partial charge in [-0.1, -0.05) is 40.5 Å². The third-order valence-electron chi connectivity index (χ3n) is 3.45. The summed E-state index contributed by atoms with van der Waals surface area (Å²) in [7, 11) is 0. The monoisotopic (exact) mass is 368 g/mol. The minimum absolute atomic E-state index is 0.0426. The van der Waals surface area contributed by atoms with E-state index >= 15 is 0 Å². The summed E-state index contributed by atoms with van der Waals surface area (Å²) in [6.07, 6.45) is 1.03. The third kappa shape index (κ3) is 3.38. The molecular formula is C16H18BrClN2O. The molecule has 0 spiro atoms. The molecule has 0 aliphatic rings. The van der Waals surface area contributed by atoms with Crippen LogP contribution in [-0.4, -0.2) is 15.6 Å². The van der Waals surface area contributed by atoms with Crippen molar-refractivity contribution in [1.29, 1.82) is 0 Å². The molecule has 21 heavy (non-hydrogen) atoms. The Morgan fingerprint density at radius 1 is 1.38 bits per heavy atom. The van der Waals surface area contributed by atoms with Crippen molar-refractivity contribution in [3.05, 3.63) is 50.2 Å². The van der Waals surface area contributed by atoms with Gasteiger partial charge < -0.3 is 0 Å². The number of rotatable bonds is 5. The van der Waals surface area contributed by atoms with Crippen molar-refractivity contribution in [1.82, 2.24) is 9.78 Å². The number of hydrogen-bond donors (Lipinski definition) is 0. The van der Waals surface area contributed by atoms with E-state index in [1.807, 2.05) is 43.7 Å². The second kappa shape index (κ2) is 6.75. The number of carbonyl (C=O) groups is 1. The molecule has 3 nitrogen and oxygen atoms in total. The minimum atomic E-state index is 0.0426. The fraction of sp³-hybridized carbons (Fsp3) is 0.375. The zero-order valence-corrected chi connectivity index (χ0v) is 14.8. The average Bonchev–Trinajstić information content (AvgIpc) is 2.75. The highest BCUT2D eigenvalue weighted by Gasteiger charge is 2.19. The van der Waals surface area contributed by atoms with Crippen LogP contribution in [0.5, 0.6) is 0 Å². The van der Waals surface area contributed by atoms with Gasteiger partial charge in [-0.3, -0.25) is 9.48 Å². The maximum atomic E-state index is 12.5. The third-order valence-corrected chi connectivity index (χ3v) is 4.54. The van der Waals surface area contributed by atoms with Crippen LogP contribution in [-0.2, 0) is 19.4 Å². The minimum Gasteiger partial charge on any atom is -0.294 e.